The zero-order chi connectivity index (χ0) is 11.6. The van der Waals surface area contributed by atoms with Crippen molar-refractivity contribution in [1.29, 1.82) is 5.26 Å². The summed E-state index contributed by atoms with van der Waals surface area (Å²) in [4.78, 5) is 12.7. The Kier molecular flexibility index (Phi) is 3.11. The summed E-state index contributed by atoms with van der Waals surface area (Å²) in [5, 5.41) is 18.3. The van der Waals surface area contributed by atoms with E-state index in [0.717, 1.165) is 0 Å². The van der Waals surface area contributed by atoms with Crippen LogP contribution < -0.4 is 0 Å². The number of alkyl halides is 2. The maximum Gasteiger partial charge on any atom is 0.305 e. The van der Waals surface area contributed by atoms with Gasteiger partial charge in [-0.1, -0.05) is 11.6 Å². The first-order valence-corrected chi connectivity index (χ1v) is 3.87. The third-order valence-corrected chi connectivity index (χ3v) is 1.88. The molecule has 0 fully saturated rings. The van der Waals surface area contributed by atoms with Crippen molar-refractivity contribution in [2.45, 2.75) is 6.43 Å². The van der Waals surface area contributed by atoms with Crippen LogP contribution in [0.4, 0.5) is 14.5 Å². The van der Waals surface area contributed by atoms with Crippen molar-refractivity contribution in [1.82, 2.24) is 4.98 Å². The molecule has 0 aliphatic carbocycles. The number of rotatable bonds is 2. The molecule has 1 rings (SSSR count). The fraction of sp³-hybridized carbons (Fsp3) is 0.143. The number of nitriles is 1. The number of pyridine rings is 1. The van der Waals surface area contributed by atoms with Crippen LogP contribution in [0.1, 0.15) is 17.6 Å². The summed E-state index contributed by atoms with van der Waals surface area (Å²) >= 11 is 5.31. The normalized spacial score (nSPS) is 10.1. The van der Waals surface area contributed by atoms with Crippen molar-refractivity contribution < 1.29 is 13.7 Å². The van der Waals surface area contributed by atoms with Crippen LogP contribution in [0.5, 0.6) is 0 Å². The standard InChI is InChI=1S/C7H2ClF2N3O2/c8-6-5(7(9)10)3(1-11)4(2-12-6)13(14)15/h2,7H. The highest BCUT2D eigenvalue weighted by atomic mass is 35.5. The van der Waals surface area contributed by atoms with Crippen molar-refractivity contribution in [3.8, 4) is 6.07 Å². The van der Waals surface area contributed by atoms with Gasteiger partial charge in [-0.05, 0) is 0 Å². The third-order valence-electron chi connectivity index (χ3n) is 1.57. The van der Waals surface area contributed by atoms with E-state index < -0.39 is 33.3 Å². The Balaban J connectivity index is 3.56. The molecule has 1 aromatic rings. The number of aromatic nitrogens is 1. The van der Waals surface area contributed by atoms with E-state index in [4.69, 9.17) is 16.9 Å². The van der Waals surface area contributed by atoms with Gasteiger partial charge in [-0.25, -0.2) is 13.8 Å². The zero-order valence-corrected chi connectivity index (χ0v) is 7.70. The van der Waals surface area contributed by atoms with Crippen molar-refractivity contribution in [2.24, 2.45) is 0 Å². The molecular formula is C7H2ClF2N3O2. The molecule has 0 saturated heterocycles. The first kappa shape index (κ1) is 11.3. The average molecular weight is 234 g/mol. The van der Waals surface area contributed by atoms with Gasteiger partial charge in [0, 0.05) is 0 Å². The maximum atomic E-state index is 12.4. The van der Waals surface area contributed by atoms with E-state index >= 15 is 0 Å². The molecule has 5 nitrogen and oxygen atoms in total. The highest BCUT2D eigenvalue weighted by molar-refractivity contribution is 6.30. The fourth-order valence-electron chi connectivity index (χ4n) is 0.948. The Hall–Kier alpha value is -1.81. The van der Waals surface area contributed by atoms with E-state index in [1.807, 2.05) is 0 Å². The average Bonchev–Trinajstić information content (AvgIpc) is 2.15. The van der Waals surface area contributed by atoms with Crippen molar-refractivity contribution in [3.05, 3.63) is 32.6 Å². The first-order valence-electron chi connectivity index (χ1n) is 3.50. The Morgan fingerprint density at radius 2 is 2.27 bits per heavy atom. The molecule has 0 amide bonds. The van der Waals surface area contributed by atoms with Gasteiger partial charge in [-0.3, -0.25) is 10.1 Å². The second kappa shape index (κ2) is 4.14. The smallest absolute Gasteiger partial charge is 0.258 e. The number of halogens is 3. The molecule has 0 aromatic carbocycles. The topological polar surface area (TPSA) is 79.8 Å². The lowest BCUT2D eigenvalue weighted by Crippen LogP contribution is -2.00. The van der Waals surface area contributed by atoms with Crippen LogP contribution in [0.25, 0.3) is 0 Å². The number of nitro groups is 1. The van der Waals surface area contributed by atoms with Crippen LogP contribution in [0.2, 0.25) is 5.15 Å². The molecule has 1 heterocycles. The number of nitrogens with zero attached hydrogens (tertiary/aromatic N) is 3. The monoisotopic (exact) mass is 233 g/mol. The van der Waals surface area contributed by atoms with E-state index in [0.29, 0.717) is 6.20 Å². The minimum atomic E-state index is -3.08. The summed E-state index contributed by atoms with van der Waals surface area (Å²) in [5.74, 6) is 0. The van der Waals surface area contributed by atoms with Crippen LogP contribution in [-0.2, 0) is 0 Å². The molecule has 0 unspecified atom stereocenters. The van der Waals surface area contributed by atoms with Crippen molar-refractivity contribution >= 4 is 17.3 Å². The lowest BCUT2D eigenvalue weighted by Gasteiger charge is -2.04. The van der Waals surface area contributed by atoms with E-state index in [1.165, 1.54) is 6.07 Å². The van der Waals surface area contributed by atoms with Crippen LogP contribution in [0.3, 0.4) is 0 Å². The molecule has 8 heteroatoms. The minimum absolute atomic E-state index is 0.604. The van der Waals surface area contributed by atoms with Gasteiger partial charge < -0.3 is 0 Å². The molecule has 0 spiro atoms. The van der Waals surface area contributed by atoms with Gasteiger partial charge in [0.05, 0.1) is 10.5 Å². The van der Waals surface area contributed by atoms with E-state index in [2.05, 4.69) is 4.98 Å². The van der Waals surface area contributed by atoms with Gasteiger partial charge in [0.2, 0.25) is 0 Å². The molecule has 0 atom stereocenters. The molecule has 0 N–H and O–H groups in total. The molecule has 78 valence electrons. The zero-order valence-electron chi connectivity index (χ0n) is 6.95. The van der Waals surface area contributed by atoms with E-state index in [-0.39, 0.29) is 0 Å². The summed E-state index contributed by atoms with van der Waals surface area (Å²) in [6, 6.07) is 1.32. The van der Waals surface area contributed by atoms with Gasteiger partial charge in [-0.15, -0.1) is 0 Å². The van der Waals surface area contributed by atoms with Crippen LogP contribution in [0, 0.1) is 21.4 Å². The largest absolute Gasteiger partial charge is 0.305 e. The predicted octanol–water partition coefficient (Wildman–Crippen LogP) is 2.45. The summed E-state index contributed by atoms with van der Waals surface area (Å²) in [6.45, 7) is 0. The fourth-order valence-corrected chi connectivity index (χ4v) is 1.17. The van der Waals surface area contributed by atoms with Gasteiger partial charge in [0.1, 0.15) is 23.0 Å². The van der Waals surface area contributed by atoms with Crippen LogP contribution in [-0.4, -0.2) is 9.91 Å². The van der Waals surface area contributed by atoms with Gasteiger partial charge in [0.15, 0.2) is 0 Å². The first-order chi connectivity index (χ1) is 6.99. The van der Waals surface area contributed by atoms with Gasteiger partial charge in [0.25, 0.3) is 6.43 Å². The lowest BCUT2D eigenvalue weighted by atomic mass is 10.1. The van der Waals surface area contributed by atoms with Gasteiger partial charge >= 0.3 is 5.69 Å². The number of hydrogen-bond donors (Lipinski definition) is 0. The molecule has 15 heavy (non-hydrogen) atoms. The molecule has 1 aromatic heterocycles. The van der Waals surface area contributed by atoms with Crippen molar-refractivity contribution in [3.63, 3.8) is 0 Å². The third kappa shape index (κ3) is 1.99. The van der Waals surface area contributed by atoms with Crippen molar-refractivity contribution in [2.75, 3.05) is 0 Å². The van der Waals surface area contributed by atoms with Crippen LogP contribution >= 0.6 is 11.6 Å². The Bertz CT molecular complexity index is 458. The predicted molar refractivity (Wildman–Crippen MR) is 45.6 cm³/mol. The minimum Gasteiger partial charge on any atom is -0.258 e. The Labute approximate surface area is 87.1 Å². The van der Waals surface area contributed by atoms with Crippen LogP contribution in [0.15, 0.2) is 6.20 Å². The lowest BCUT2D eigenvalue weighted by molar-refractivity contribution is -0.385. The Morgan fingerprint density at radius 3 is 2.67 bits per heavy atom. The number of hydrogen-bond acceptors (Lipinski definition) is 4. The quantitative estimate of drug-likeness (QED) is 0.446. The maximum absolute atomic E-state index is 12.4. The summed E-state index contributed by atoms with van der Waals surface area (Å²) < 4.78 is 24.8. The molecule has 0 radical (unpaired) electrons. The highest BCUT2D eigenvalue weighted by Gasteiger charge is 2.26. The van der Waals surface area contributed by atoms with E-state index in [1.54, 1.807) is 0 Å². The highest BCUT2D eigenvalue weighted by Crippen LogP contribution is 2.33. The summed E-state index contributed by atoms with van der Waals surface area (Å²) in [6.07, 6.45) is -2.41. The molecule has 0 bridgehead atoms. The Morgan fingerprint density at radius 1 is 1.67 bits per heavy atom. The van der Waals surface area contributed by atoms with E-state index in [9.17, 15) is 18.9 Å². The second-order valence-corrected chi connectivity index (χ2v) is 2.75. The molecule has 0 aliphatic rings. The second-order valence-electron chi connectivity index (χ2n) is 2.39. The molecular weight excluding hydrogens is 232 g/mol. The SMILES string of the molecule is N#Cc1c([N+](=O)[O-])cnc(Cl)c1C(F)F. The molecule has 0 saturated carbocycles. The summed E-state index contributed by atoms with van der Waals surface area (Å²) in [5.41, 5.74) is -2.44. The summed E-state index contributed by atoms with van der Waals surface area (Å²) in [7, 11) is 0. The van der Waals surface area contributed by atoms with Gasteiger partial charge in [-0.2, -0.15) is 5.26 Å². The molecule has 0 aliphatic heterocycles.